The van der Waals surface area contributed by atoms with Crippen molar-refractivity contribution in [1.29, 1.82) is 0 Å². The maximum absolute atomic E-state index is 15.5. The van der Waals surface area contributed by atoms with Crippen LogP contribution in [-0.4, -0.2) is 42.7 Å². The zero-order chi connectivity index (χ0) is 28.7. The van der Waals surface area contributed by atoms with Gasteiger partial charge >= 0.3 is 5.97 Å². The van der Waals surface area contributed by atoms with Crippen LogP contribution >= 0.6 is 12.6 Å². The van der Waals surface area contributed by atoms with E-state index in [1.165, 1.54) is 12.0 Å². The Bertz CT molecular complexity index is 1110. The van der Waals surface area contributed by atoms with Gasteiger partial charge in [-0.15, -0.1) is 12.6 Å². The van der Waals surface area contributed by atoms with Crippen LogP contribution in [0.2, 0.25) is 0 Å². The average molecular weight is 564 g/mol. The first kappa shape index (κ1) is 30.9. The van der Waals surface area contributed by atoms with Crippen LogP contribution in [0.3, 0.4) is 0 Å². The first-order valence-electron chi connectivity index (χ1n) is 13.6. The lowest BCUT2D eigenvalue weighted by atomic mass is 10.1. The number of halogens is 1. The van der Waals surface area contributed by atoms with Crippen LogP contribution in [0.4, 0.5) is 4.39 Å². The Hall–Kier alpha value is -2.68. The average Bonchev–Trinajstić information content (AvgIpc) is 3.44. The lowest BCUT2D eigenvalue weighted by Gasteiger charge is -2.20. The predicted molar refractivity (Wildman–Crippen MR) is 151 cm³/mol. The lowest BCUT2D eigenvalue weighted by molar-refractivity contribution is -0.156. The Morgan fingerprint density at radius 2 is 1.92 bits per heavy atom. The molecule has 2 atom stereocenters. The number of hydrogen-bond acceptors (Lipinski definition) is 7. The Morgan fingerprint density at radius 1 is 1.21 bits per heavy atom. The summed E-state index contributed by atoms with van der Waals surface area (Å²) in [4.78, 5) is 27.2. The lowest BCUT2D eigenvalue weighted by Crippen LogP contribution is -2.28. The van der Waals surface area contributed by atoms with Gasteiger partial charge in [-0.25, -0.2) is 4.39 Å². The second kappa shape index (κ2) is 13.6. The summed E-state index contributed by atoms with van der Waals surface area (Å²) in [5.74, 6) is 0.301. The molecule has 2 unspecified atom stereocenters. The zero-order valence-corrected chi connectivity index (χ0v) is 24.9. The molecular weight excluding hydrogens is 521 g/mol. The van der Waals surface area contributed by atoms with Gasteiger partial charge in [0.05, 0.1) is 33.0 Å². The largest absolute Gasteiger partial charge is 0.501 e. The van der Waals surface area contributed by atoms with Crippen LogP contribution in [-0.2, 0) is 32.2 Å². The summed E-state index contributed by atoms with van der Waals surface area (Å²) >= 11 is 4.50. The Labute approximate surface area is 237 Å². The minimum atomic E-state index is -0.608. The Kier molecular flexibility index (Phi) is 10.8. The second-order valence-electron chi connectivity index (χ2n) is 11.2. The molecule has 2 aliphatic rings. The minimum Gasteiger partial charge on any atom is -0.501 e. The number of hydrogen-bond donors (Lipinski definition) is 1. The second-order valence-corrected chi connectivity index (χ2v) is 11.8. The van der Waals surface area contributed by atoms with Crippen molar-refractivity contribution in [2.24, 2.45) is 11.8 Å². The van der Waals surface area contributed by atoms with Gasteiger partial charge in [-0.05, 0) is 73.6 Å². The van der Waals surface area contributed by atoms with Crippen LogP contribution in [0, 0.1) is 17.7 Å². The fraction of sp³-hybridized carbons (Fsp3) is 0.600. The number of benzene rings is 1. The molecule has 1 aromatic carbocycles. The predicted octanol–water partition coefficient (Wildman–Crippen LogP) is 6.35. The van der Waals surface area contributed by atoms with Crippen molar-refractivity contribution < 1.29 is 32.9 Å². The van der Waals surface area contributed by atoms with Crippen molar-refractivity contribution in [1.82, 2.24) is 4.90 Å². The summed E-state index contributed by atoms with van der Waals surface area (Å²) < 4.78 is 37.7. The van der Waals surface area contributed by atoms with E-state index in [9.17, 15) is 9.59 Å². The van der Waals surface area contributed by atoms with Gasteiger partial charge in [-0.1, -0.05) is 13.8 Å². The normalized spacial score (nSPS) is 19.0. The molecule has 0 aromatic heterocycles. The first-order valence-corrected chi connectivity index (χ1v) is 14.1. The van der Waals surface area contributed by atoms with Crippen molar-refractivity contribution in [2.45, 2.75) is 85.4 Å². The molecule has 3 rings (SSSR count). The van der Waals surface area contributed by atoms with Crippen LogP contribution in [0.5, 0.6) is 11.5 Å². The summed E-state index contributed by atoms with van der Waals surface area (Å²) in [6.07, 6.45) is 6.47. The monoisotopic (exact) mass is 563 g/mol. The van der Waals surface area contributed by atoms with E-state index >= 15 is 4.39 Å². The summed E-state index contributed by atoms with van der Waals surface area (Å²) in [6, 6.07) is 1.71. The number of methoxy groups -OCH3 is 1. The quantitative estimate of drug-likeness (QED) is 0.0992. The fourth-order valence-electron chi connectivity index (χ4n) is 4.46. The summed E-state index contributed by atoms with van der Waals surface area (Å²) in [5, 5.41) is 0. The third kappa shape index (κ3) is 8.92. The highest BCUT2D eigenvalue weighted by molar-refractivity contribution is 7.84. The molecule has 0 spiro atoms. The third-order valence-electron chi connectivity index (χ3n) is 6.73. The van der Waals surface area contributed by atoms with Gasteiger partial charge in [0, 0.05) is 31.5 Å². The molecule has 39 heavy (non-hydrogen) atoms. The Balaban J connectivity index is 1.53. The van der Waals surface area contributed by atoms with Crippen molar-refractivity contribution in [3.63, 3.8) is 0 Å². The topological polar surface area (TPSA) is 74.3 Å². The molecule has 0 N–H and O–H groups in total. The van der Waals surface area contributed by atoms with E-state index in [1.54, 1.807) is 26.8 Å². The first-order chi connectivity index (χ1) is 18.4. The standard InChI is InChI=1S/C30H42FNO6S/c1-7-22(39)14-21(23-13-19(23)2)18-36-11-8-12-37-29-25(35-6)15-20-16-32(17-24(20)28(29)31)26(33)9-10-27(34)38-30(3,4)5/h14-15,18-19,23,39H,7-13,16-17H2,1-6H3/b21-18-,22-14+. The van der Waals surface area contributed by atoms with E-state index in [-0.39, 0.29) is 49.9 Å². The summed E-state index contributed by atoms with van der Waals surface area (Å²) in [6.45, 7) is 10.7. The van der Waals surface area contributed by atoms with Crippen LogP contribution < -0.4 is 9.47 Å². The van der Waals surface area contributed by atoms with Crippen molar-refractivity contribution in [2.75, 3.05) is 20.3 Å². The van der Waals surface area contributed by atoms with E-state index in [4.69, 9.17) is 18.9 Å². The van der Waals surface area contributed by atoms with E-state index < -0.39 is 17.4 Å². The van der Waals surface area contributed by atoms with Gasteiger partial charge in [0.1, 0.15) is 5.60 Å². The SMILES string of the molecule is CC/C(S)=C\C(=C\OCCCOc1c(OC)cc2c(c1F)CN(C(=O)CCC(=O)OC(C)(C)C)C2)C1CC1C. The number of nitrogens with zero attached hydrogens (tertiary/aromatic N) is 1. The number of allylic oxidation sites excluding steroid dienone is 3. The van der Waals surface area contributed by atoms with Gasteiger partial charge < -0.3 is 23.8 Å². The zero-order valence-electron chi connectivity index (χ0n) is 24.0. The maximum Gasteiger partial charge on any atom is 0.306 e. The molecule has 1 amide bonds. The molecule has 9 heteroatoms. The van der Waals surface area contributed by atoms with Gasteiger partial charge in [0.25, 0.3) is 0 Å². The van der Waals surface area contributed by atoms with E-state index in [0.717, 1.165) is 23.3 Å². The smallest absolute Gasteiger partial charge is 0.306 e. The van der Waals surface area contributed by atoms with E-state index in [2.05, 4.69) is 32.6 Å². The number of esters is 1. The minimum absolute atomic E-state index is 0.00434. The van der Waals surface area contributed by atoms with Crippen LogP contribution in [0.1, 0.15) is 77.8 Å². The molecule has 1 fully saturated rings. The number of amides is 1. The number of ether oxygens (including phenoxy) is 4. The molecule has 1 aliphatic heterocycles. The number of fused-ring (bicyclic) bond motifs is 1. The number of rotatable bonds is 13. The molecule has 216 valence electrons. The highest BCUT2D eigenvalue weighted by Gasteiger charge is 2.35. The van der Waals surface area contributed by atoms with Crippen molar-refractivity contribution >= 4 is 24.5 Å². The third-order valence-corrected chi connectivity index (χ3v) is 7.18. The molecule has 1 saturated carbocycles. The molecule has 7 nitrogen and oxygen atoms in total. The van der Waals surface area contributed by atoms with Crippen molar-refractivity contribution in [3.05, 3.63) is 45.8 Å². The van der Waals surface area contributed by atoms with E-state index in [1.807, 2.05) is 6.26 Å². The van der Waals surface area contributed by atoms with Crippen molar-refractivity contribution in [3.8, 4) is 11.5 Å². The number of carbonyl (C=O) groups is 2. The molecular formula is C30H42FNO6S. The van der Waals surface area contributed by atoms with Gasteiger partial charge in [-0.3, -0.25) is 9.59 Å². The molecule has 0 saturated heterocycles. The molecule has 1 aliphatic carbocycles. The van der Waals surface area contributed by atoms with Crippen LogP contribution in [0.25, 0.3) is 0 Å². The highest BCUT2D eigenvalue weighted by Crippen LogP contribution is 2.44. The summed E-state index contributed by atoms with van der Waals surface area (Å²) in [7, 11) is 1.46. The summed E-state index contributed by atoms with van der Waals surface area (Å²) in [5.41, 5.74) is 1.63. The molecule has 0 radical (unpaired) electrons. The van der Waals surface area contributed by atoms with E-state index in [0.29, 0.717) is 36.0 Å². The fourth-order valence-corrected chi connectivity index (χ4v) is 4.61. The van der Waals surface area contributed by atoms with Crippen LogP contribution in [0.15, 0.2) is 28.9 Å². The number of thiol groups is 1. The highest BCUT2D eigenvalue weighted by atomic mass is 32.1. The Morgan fingerprint density at radius 3 is 2.54 bits per heavy atom. The number of carbonyl (C=O) groups excluding carboxylic acids is 2. The molecule has 1 aromatic rings. The van der Waals surface area contributed by atoms with Gasteiger partial charge in [0.15, 0.2) is 17.3 Å². The van der Waals surface area contributed by atoms with Gasteiger partial charge in [-0.2, -0.15) is 0 Å². The van der Waals surface area contributed by atoms with Gasteiger partial charge in [0.2, 0.25) is 5.91 Å². The maximum atomic E-state index is 15.5. The molecule has 1 heterocycles. The molecule has 0 bridgehead atoms.